The van der Waals surface area contributed by atoms with Crippen molar-refractivity contribution in [3.05, 3.63) is 35.7 Å². The fraction of sp³-hybridized carbons (Fsp3) is 0.182. The van der Waals surface area contributed by atoms with Gasteiger partial charge < -0.3 is 10.8 Å². The molecule has 0 fully saturated rings. The quantitative estimate of drug-likeness (QED) is 0.729. The second kappa shape index (κ2) is 4.19. The van der Waals surface area contributed by atoms with E-state index in [0.717, 1.165) is 10.5 Å². The third-order valence-electron chi connectivity index (χ3n) is 2.19. The van der Waals surface area contributed by atoms with Gasteiger partial charge in [-0.25, -0.2) is 4.31 Å². The molecule has 1 atom stereocenters. The lowest BCUT2D eigenvalue weighted by Crippen LogP contribution is -2.38. The summed E-state index contributed by atoms with van der Waals surface area (Å²) in [7, 11) is 0. The van der Waals surface area contributed by atoms with E-state index >= 15 is 0 Å². The van der Waals surface area contributed by atoms with Gasteiger partial charge in [0.2, 0.25) is 5.88 Å². The van der Waals surface area contributed by atoms with Crippen molar-refractivity contribution in [2.75, 3.05) is 0 Å². The molecule has 1 aliphatic heterocycles. The molecule has 0 aliphatic carbocycles. The van der Waals surface area contributed by atoms with Gasteiger partial charge in [-0.2, -0.15) is 0 Å². The van der Waals surface area contributed by atoms with Crippen LogP contribution in [0.2, 0.25) is 0 Å². The van der Waals surface area contributed by atoms with Gasteiger partial charge in [0.05, 0.1) is 6.04 Å². The maximum atomic E-state index is 11.7. The van der Waals surface area contributed by atoms with E-state index < -0.39 is 6.04 Å². The van der Waals surface area contributed by atoms with Gasteiger partial charge in [0.1, 0.15) is 0 Å². The summed E-state index contributed by atoms with van der Waals surface area (Å²) in [6.45, 7) is 1.59. The second-order valence-electron chi connectivity index (χ2n) is 3.55. The van der Waals surface area contributed by atoms with Crippen molar-refractivity contribution in [2.45, 2.75) is 17.9 Å². The Hall–Kier alpha value is -1.46. The molecule has 5 heteroatoms. The van der Waals surface area contributed by atoms with Gasteiger partial charge in [0.15, 0.2) is 0 Å². The van der Waals surface area contributed by atoms with Crippen LogP contribution in [0.15, 0.2) is 35.0 Å². The lowest BCUT2D eigenvalue weighted by atomic mass is 10.2. The average molecular weight is 236 g/mol. The standard InChI is InChI=1S/C11H12N2O2S/c1-7(12)11(15)13-10(14)6-8-4-2-3-5-9(8)16-13/h2-7,14H,12H2,1H3. The van der Waals surface area contributed by atoms with Gasteiger partial charge in [-0.3, -0.25) is 4.79 Å². The Morgan fingerprint density at radius 2 is 2.19 bits per heavy atom. The molecule has 1 heterocycles. The smallest absolute Gasteiger partial charge is 0.256 e. The molecule has 0 aromatic heterocycles. The van der Waals surface area contributed by atoms with Crippen molar-refractivity contribution in [1.82, 2.24) is 4.31 Å². The van der Waals surface area contributed by atoms with E-state index in [-0.39, 0.29) is 11.8 Å². The molecule has 0 radical (unpaired) electrons. The molecular weight excluding hydrogens is 224 g/mol. The van der Waals surface area contributed by atoms with Gasteiger partial charge in [0.25, 0.3) is 5.91 Å². The highest BCUT2D eigenvalue weighted by atomic mass is 32.2. The van der Waals surface area contributed by atoms with Gasteiger partial charge >= 0.3 is 0 Å². The fourth-order valence-corrected chi connectivity index (χ4v) is 2.34. The van der Waals surface area contributed by atoms with E-state index in [2.05, 4.69) is 0 Å². The SMILES string of the molecule is CC(N)C(=O)N1Sc2ccccc2C=C1O. The average Bonchev–Trinajstić information content (AvgIpc) is 2.27. The molecule has 1 aliphatic rings. The van der Waals surface area contributed by atoms with E-state index in [1.54, 1.807) is 13.0 Å². The molecule has 0 saturated carbocycles. The number of carbonyl (C=O) groups excluding carboxylic acids is 1. The lowest BCUT2D eigenvalue weighted by Gasteiger charge is -2.25. The molecule has 84 valence electrons. The highest BCUT2D eigenvalue weighted by Crippen LogP contribution is 2.35. The van der Waals surface area contributed by atoms with Crippen LogP contribution in [0.5, 0.6) is 0 Å². The molecule has 1 unspecified atom stereocenters. The van der Waals surface area contributed by atoms with Crippen LogP contribution >= 0.6 is 11.9 Å². The molecule has 16 heavy (non-hydrogen) atoms. The van der Waals surface area contributed by atoms with E-state index in [1.165, 1.54) is 16.3 Å². The Morgan fingerprint density at radius 3 is 2.88 bits per heavy atom. The van der Waals surface area contributed by atoms with Crippen molar-refractivity contribution in [1.29, 1.82) is 0 Å². The fourth-order valence-electron chi connectivity index (χ4n) is 1.37. The molecule has 1 amide bonds. The maximum Gasteiger partial charge on any atom is 0.256 e. The first-order valence-electron chi connectivity index (χ1n) is 4.87. The number of aliphatic hydroxyl groups excluding tert-OH is 1. The molecule has 4 nitrogen and oxygen atoms in total. The lowest BCUT2D eigenvalue weighted by molar-refractivity contribution is -0.126. The van der Waals surface area contributed by atoms with Crippen LogP contribution in [0.1, 0.15) is 12.5 Å². The summed E-state index contributed by atoms with van der Waals surface area (Å²) >= 11 is 1.19. The molecule has 0 spiro atoms. The van der Waals surface area contributed by atoms with Gasteiger partial charge in [0, 0.05) is 11.0 Å². The molecule has 1 aromatic carbocycles. The molecule has 0 bridgehead atoms. The van der Waals surface area contributed by atoms with Crippen molar-refractivity contribution >= 4 is 23.9 Å². The van der Waals surface area contributed by atoms with Gasteiger partial charge in [-0.05, 0) is 30.5 Å². The van der Waals surface area contributed by atoms with Gasteiger partial charge in [-0.1, -0.05) is 18.2 Å². The van der Waals surface area contributed by atoms with Crippen molar-refractivity contribution in [3.8, 4) is 0 Å². The summed E-state index contributed by atoms with van der Waals surface area (Å²) in [4.78, 5) is 12.6. The highest BCUT2D eigenvalue weighted by Gasteiger charge is 2.26. The monoisotopic (exact) mass is 236 g/mol. The molecule has 2 rings (SSSR count). The minimum atomic E-state index is -0.631. The first kappa shape index (κ1) is 11.0. The number of hydrogen-bond donors (Lipinski definition) is 2. The summed E-state index contributed by atoms with van der Waals surface area (Å²) in [5.41, 5.74) is 6.41. The van der Waals surface area contributed by atoms with Gasteiger partial charge in [-0.15, -0.1) is 0 Å². The number of amides is 1. The first-order chi connectivity index (χ1) is 7.59. The molecule has 3 N–H and O–H groups in total. The van der Waals surface area contributed by atoms with Crippen LogP contribution in [-0.2, 0) is 4.79 Å². The Kier molecular flexibility index (Phi) is 2.89. The minimum absolute atomic E-state index is 0.0778. The Bertz CT molecular complexity index is 457. The number of hydrogen-bond acceptors (Lipinski definition) is 4. The molecule has 0 saturated heterocycles. The predicted octanol–water partition coefficient (Wildman–Crippen LogP) is 1.74. The highest BCUT2D eigenvalue weighted by molar-refractivity contribution is 7.97. The summed E-state index contributed by atoms with van der Waals surface area (Å²) in [6, 6.07) is 6.91. The van der Waals surface area contributed by atoms with Crippen LogP contribution in [0, 0.1) is 0 Å². The van der Waals surface area contributed by atoms with Crippen LogP contribution in [0.4, 0.5) is 0 Å². The van der Waals surface area contributed by atoms with Crippen molar-refractivity contribution < 1.29 is 9.90 Å². The van der Waals surface area contributed by atoms with E-state index in [1.807, 2.05) is 24.3 Å². The predicted molar refractivity (Wildman–Crippen MR) is 63.4 cm³/mol. The van der Waals surface area contributed by atoms with Crippen LogP contribution < -0.4 is 5.73 Å². The number of nitrogens with zero attached hydrogens (tertiary/aromatic N) is 1. The zero-order valence-electron chi connectivity index (χ0n) is 8.75. The number of aliphatic hydroxyl groups is 1. The van der Waals surface area contributed by atoms with E-state index in [0.29, 0.717) is 0 Å². The van der Waals surface area contributed by atoms with Crippen molar-refractivity contribution in [3.63, 3.8) is 0 Å². The Morgan fingerprint density at radius 1 is 1.50 bits per heavy atom. The summed E-state index contributed by atoms with van der Waals surface area (Å²) < 4.78 is 1.22. The maximum absolute atomic E-state index is 11.7. The van der Waals surface area contributed by atoms with E-state index in [9.17, 15) is 9.90 Å². The zero-order valence-corrected chi connectivity index (χ0v) is 9.57. The summed E-state index contributed by atoms with van der Waals surface area (Å²) in [6.07, 6.45) is 1.56. The number of nitrogens with two attached hydrogens (primary N) is 1. The number of fused-ring (bicyclic) bond motifs is 1. The summed E-state index contributed by atoms with van der Waals surface area (Å²) in [5, 5.41) is 9.72. The minimum Gasteiger partial charge on any atom is -0.494 e. The first-order valence-corrected chi connectivity index (χ1v) is 5.64. The topological polar surface area (TPSA) is 66.6 Å². The Balaban J connectivity index is 2.34. The zero-order chi connectivity index (χ0) is 11.7. The largest absolute Gasteiger partial charge is 0.494 e. The molecule has 1 aromatic rings. The van der Waals surface area contributed by atoms with Crippen LogP contribution in [-0.4, -0.2) is 21.4 Å². The van der Waals surface area contributed by atoms with Crippen LogP contribution in [0.25, 0.3) is 6.08 Å². The van der Waals surface area contributed by atoms with E-state index in [4.69, 9.17) is 5.73 Å². The number of carbonyl (C=O) groups is 1. The number of benzene rings is 1. The van der Waals surface area contributed by atoms with Crippen LogP contribution in [0.3, 0.4) is 0 Å². The normalized spacial score (nSPS) is 16.4. The third kappa shape index (κ3) is 1.91. The summed E-state index contributed by atoms with van der Waals surface area (Å²) in [5.74, 6) is -0.390. The van der Waals surface area contributed by atoms with Crippen molar-refractivity contribution in [2.24, 2.45) is 5.73 Å². The third-order valence-corrected chi connectivity index (χ3v) is 3.31. The second-order valence-corrected chi connectivity index (χ2v) is 4.54. The molecular formula is C11H12N2O2S. The number of rotatable bonds is 1. The Labute approximate surface area is 97.9 Å².